The fraction of sp³-hybridized carbons (Fsp3) is 1.00. The van der Waals surface area contributed by atoms with E-state index in [0.29, 0.717) is 13.2 Å². The normalized spacial score (nSPS) is 35.2. The van der Waals surface area contributed by atoms with Crippen LogP contribution in [-0.4, -0.2) is 40.5 Å². The van der Waals surface area contributed by atoms with E-state index in [2.05, 4.69) is 0 Å². The van der Waals surface area contributed by atoms with Gasteiger partial charge in [-0.15, -0.1) is 0 Å². The molecule has 4 heteroatoms. The Bertz CT molecular complexity index is 86.3. The first-order valence-electron chi connectivity index (χ1n) is 2.84. The fourth-order valence-corrected chi connectivity index (χ4v) is 0.699. The van der Waals surface area contributed by atoms with Crippen molar-refractivity contribution in [3.63, 3.8) is 0 Å². The third-order valence-electron chi connectivity index (χ3n) is 1.08. The van der Waals surface area contributed by atoms with Gasteiger partial charge in [-0.3, -0.25) is 0 Å². The highest BCUT2D eigenvalue weighted by molar-refractivity contribution is 6.11. The Balaban J connectivity index is 2.14. The van der Waals surface area contributed by atoms with E-state index >= 15 is 0 Å². The first-order valence-corrected chi connectivity index (χ1v) is 2.84. The minimum absolute atomic E-state index is 0.259. The van der Waals surface area contributed by atoms with Crippen molar-refractivity contribution in [2.24, 2.45) is 0 Å². The molecule has 0 bridgehead atoms. The molecule has 1 unspecified atom stereocenters. The fourth-order valence-electron chi connectivity index (χ4n) is 0.699. The molecule has 1 rings (SSSR count). The zero-order valence-corrected chi connectivity index (χ0v) is 5.37. The van der Waals surface area contributed by atoms with Crippen LogP contribution in [-0.2, 0) is 14.2 Å². The molecule has 0 aromatic carbocycles. The third kappa shape index (κ3) is 1.97. The average Bonchev–Trinajstić information content (AvgIpc) is 2.17. The van der Waals surface area contributed by atoms with Crippen LogP contribution in [0.2, 0.25) is 0 Å². The van der Waals surface area contributed by atoms with Crippen molar-refractivity contribution in [3.8, 4) is 0 Å². The monoisotopic (exact) mass is 128 g/mol. The van der Waals surface area contributed by atoms with Crippen LogP contribution in [0, 0.1) is 0 Å². The lowest BCUT2D eigenvalue weighted by atomic mass is 10.0. The number of hydrogen-bond acceptors (Lipinski definition) is 3. The van der Waals surface area contributed by atoms with E-state index in [4.69, 9.17) is 22.1 Å². The SMILES string of the molecule is [B]C1CO[C@@H](COC)O1. The lowest BCUT2D eigenvalue weighted by molar-refractivity contribution is -0.0885. The van der Waals surface area contributed by atoms with Gasteiger partial charge in [0, 0.05) is 13.1 Å². The van der Waals surface area contributed by atoms with Gasteiger partial charge in [0.15, 0.2) is 6.29 Å². The second-order valence-corrected chi connectivity index (χ2v) is 1.89. The lowest BCUT2D eigenvalue weighted by Crippen LogP contribution is -2.16. The van der Waals surface area contributed by atoms with Gasteiger partial charge >= 0.3 is 0 Å². The van der Waals surface area contributed by atoms with E-state index in [1.165, 1.54) is 0 Å². The molecule has 0 aromatic rings. The Hall–Kier alpha value is -0.0551. The molecule has 3 nitrogen and oxygen atoms in total. The standard InChI is InChI=1S/C5H9BO3/c1-7-3-5-8-2-4(6)9-5/h4-5H,2-3H2,1H3/t4?,5-/m1/s1. The number of methoxy groups -OCH3 is 1. The highest BCUT2D eigenvalue weighted by Crippen LogP contribution is 2.07. The maximum absolute atomic E-state index is 5.35. The van der Waals surface area contributed by atoms with Gasteiger partial charge in [0.2, 0.25) is 0 Å². The molecule has 0 aromatic heterocycles. The number of rotatable bonds is 2. The Morgan fingerprint density at radius 2 is 2.56 bits per heavy atom. The quantitative estimate of drug-likeness (QED) is 0.469. The molecule has 2 radical (unpaired) electrons. The van der Waals surface area contributed by atoms with E-state index in [0.717, 1.165) is 0 Å². The zero-order chi connectivity index (χ0) is 6.69. The van der Waals surface area contributed by atoms with Crippen molar-refractivity contribution in [2.45, 2.75) is 12.3 Å². The van der Waals surface area contributed by atoms with Gasteiger partial charge in [-0.2, -0.15) is 0 Å². The van der Waals surface area contributed by atoms with Crippen LogP contribution in [0.15, 0.2) is 0 Å². The van der Waals surface area contributed by atoms with Gasteiger partial charge in [-0.05, 0) is 0 Å². The van der Waals surface area contributed by atoms with Gasteiger partial charge < -0.3 is 14.2 Å². The van der Waals surface area contributed by atoms with E-state index in [1.807, 2.05) is 0 Å². The van der Waals surface area contributed by atoms with Gasteiger partial charge in [-0.1, -0.05) is 0 Å². The van der Waals surface area contributed by atoms with Gasteiger partial charge in [-0.25, -0.2) is 0 Å². The molecular weight excluding hydrogens is 119 g/mol. The molecule has 1 aliphatic heterocycles. The zero-order valence-electron chi connectivity index (χ0n) is 5.37. The summed E-state index contributed by atoms with van der Waals surface area (Å²) < 4.78 is 14.8. The predicted octanol–water partition coefficient (Wildman–Crippen LogP) is -0.500. The van der Waals surface area contributed by atoms with Gasteiger partial charge in [0.05, 0.1) is 13.2 Å². The van der Waals surface area contributed by atoms with E-state index in [9.17, 15) is 0 Å². The maximum Gasteiger partial charge on any atom is 0.180 e. The lowest BCUT2D eigenvalue weighted by Gasteiger charge is -2.06. The first kappa shape index (κ1) is 7.06. The molecule has 0 saturated carbocycles. The first-order chi connectivity index (χ1) is 4.33. The van der Waals surface area contributed by atoms with Crippen molar-refractivity contribution in [1.82, 2.24) is 0 Å². The molecule has 2 atom stereocenters. The minimum atomic E-state index is -0.273. The molecule has 1 fully saturated rings. The summed E-state index contributed by atoms with van der Waals surface area (Å²) in [5.41, 5.74) is 0. The van der Waals surface area contributed by atoms with Crippen molar-refractivity contribution < 1.29 is 14.2 Å². The van der Waals surface area contributed by atoms with Crippen molar-refractivity contribution >= 4 is 7.85 Å². The second kappa shape index (κ2) is 3.20. The molecule has 0 amide bonds. The van der Waals surface area contributed by atoms with Crippen LogP contribution in [0.25, 0.3) is 0 Å². The molecule has 1 saturated heterocycles. The summed E-state index contributed by atoms with van der Waals surface area (Å²) in [7, 11) is 6.95. The topological polar surface area (TPSA) is 27.7 Å². The van der Waals surface area contributed by atoms with E-state index in [1.54, 1.807) is 7.11 Å². The summed E-state index contributed by atoms with van der Waals surface area (Å²) >= 11 is 0. The summed E-state index contributed by atoms with van der Waals surface area (Å²) in [6.45, 7) is 0.918. The molecule has 1 heterocycles. The number of ether oxygens (including phenoxy) is 3. The highest BCUT2D eigenvalue weighted by atomic mass is 16.7. The summed E-state index contributed by atoms with van der Waals surface area (Å²) in [5.74, 6) is 0. The summed E-state index contributed by atoms with van der Waals surface area (Å²) in [4.78, 5) is 0. The van der Waals surface area contributed by atoms with Crippen molar-refractivity contribution in [2.75, 3.05) is 20.3 Å². The highest BCUT2D eigenvalue weighted by Gasteiger charge is 2.20. The molecule has 50 valence electrons. The molecule has 1 aliphatic rings. The largest absolute Gasteiger partial charge is 0.379 e. The minimum Gasteiger partial charge on any atom is -0.379 e. The van der Waals surface area contributed by atoms with Crippen LogP contribution in [0.1, 0.15) is 0 Å². The summed E-state index contributed by atoms with van der Waals surface area (Å²) in [6, 6.07) is -0.273. The average molecular weight is 128 g/mol. The Morgan fingerprint density at radius 1 is 1.78 bits per heavy atom. The van der Waals surface area contributed by atoms with Crippen molar-refractivity contribution in [3.05, 3.63) is 0 Å². The number of hydrogen-bond donors (Lipinski definition) is 0. The third-order valence-corrected chi connectivity index (χ3v) is 1.08. The molecule has 0 N–H and O–H groups in total. The van der Waals surface area contributed by atoms with E-state index in [-0.39, 0.29) is 12.3 Å². The van der Waals surface area contributed by atoms with E-state index < -0.39 is 0 Å². The Morgan fingerprint density at radius 3 is 3.00 bits per heavy atom. The van der Waals surface area contributed by atoms with Gasteiger partial charge in [0.25, 0.3) is 0 Å². The second-order valence-electron chi connectivity index (χ2n) is 1.89. The molecular formula is C5H9BO3. The van der Waals surface area contributed by atoms with Crippen LogP contribution in [0.5, 0.6) is 0 Å². The molecule has 0 spiro atoms. The Kier molecular flexibility index (Phi) is 2.51. The van der Waals surface area contributed by atoms with Crippen LogP contribution < -0.4 is 0 Å². The summed E-state index contributed by atoms with van der Waals surface area (Å²) in [5, 5.41) is 0. The Labute approximate surface area is 55.7 Å². The van der Waals surface area contributed by atoms with Crippen LogP contribution >= 0.6 is 0 Å². The van der Waals surface area contributed by atoms with Gasteiger partial charge in [0.1, 0.15) is 7.85 Å². The maximum atomic E-state index is 5.35. The van der Waals surface area contributed by atoms with Crippen LogP contribution in [0.4, 0.5) is 0 Å². The molecule has 9 heavy (non-hydrogen) atoms. The molecule has 0 aliphatic carbocycles. The summed E-state index contributed by atoms with van der Waals surface area (Å²) in [6.07, 6.45) is -0.259. The van der Waals surface area contributed by atoms with Crippen LogP contribution in [0.3, 0.4) is 0 Å². The predicted molar refractivity (Wildman–Crippen MR) is 32.2 cm³/mol. The smallest absolute Gasteiger partial charge is 0.180 e. The van der Waals surface area contributed by atoms with Crippen molar-refractivity contribution in [1.29, 1.82) is 0 Å².